The van der Waals surface area contributed by atoms with Gasteiger partial charge in [0.25, 0.3) is 5.91 Å². The normalized spacial score (nSPS) is 17.3. The zero-order valence-corrected chi connectivity index (χ0v) is 15.2. The van der Waals surface area contributed by atoms with Gasteiger partial charge in [0.05, 0.1) is 11.8 Å². The van der Waals surface area contributed by atoms with Crippen LogP contribution in [0.5, 0.6) is 0 Å². The summed E-state index contributed by atoms with van der Waals surface area (Å²) in [7, 11) is 0. The second kappa shape index (κ2) is 8.29. The zero-order valence-electron chi connectivity index (χ0n) is 15.2. The predicted octanol–water partition coefficient (Wildman–Crippen LogP) is 2.88. The second-order valence-electron chi connectivity index (χ2n) is 6.78. The fraction of sp³-hybridized carbons (Fsp3) is 0.722. The number of hydrogen-bond acceptors (Lipinski definition) is 5. The van der Waals surface area contributed by atoms with Crippen LogP contribution in [0.25, 0.3) is 0 Å². The molecule has 0 spiro atoms. The summed E-state index contributed by atoms with van der Waals surface area (Å²) in [4.78, 5) is 16.6. The Morgan fingerprint density at radius 3 is 2.42 bits per heavy atom. The number of carbonyl (C=O) groups is 1. The molecule has 1 amide bonds. The van der Waals surface area contributed by atoms with Crippen LogP contribution in [0.3, 0.4) is 0 Å². The Bertz CT molecular complexity index is 578. The summed E-state index contributed by atoms with van der Waals surface area (Å²) in [6.45, 7) is 11.0. The largest absolute Gasteiger partial charge is 0.351 e. The number of carbonyl (C=O) groups excluding carboxylic acids is 1. The van der Waals surface area contributed by atoms with Gasteiger partial charge < -0.3 is 9.42 Å². The van der Waals surface area contributed by atoms with E-state index >= 15 is 0 Å². The molecule has 0 bridgehead atoms. The smallest absolute Gasteiger partial charge is 0.292 e. The average Bonchev–Trinajstić information content (AvgIpc) is 3.06. The van der Waals surface area contributed by atoms with Crippen LogP contribution in [0.2, 0.25) is 0 Å². The van der Waals surface area contributed by atoms with Gasteiger partial charge in [-0.05, 0) is 18.8 Å². The fourth-order valence-electron chi connectivity index (χ4n) is 3.30. The maximum Gasteiger partial charge on any atom is 0.292 e. The highest BCUT2D eigenvalue weighted by atomic mass is 16.5. The molecular weight excluding hydrogens is 304 g/mol. The Hall–Kier alpha value is -1.87. The second-order valence-corrected chi connectivity index (χ2v) is 6.78. The van der Waals surface area contributed by atoms with E-state index in [0.29, 0.717) is 24.8 Å². The Balaban J connectivity index is 1.97. The topological polar surface area (TPSA) is 73.4 Å². The van der Waals surface area contributed by atoms with Crippen molar-refractivity contribution in [2.75, 3.05) is 26.2 Å². The Morgan fingerprint density at radius 2 is 1.92 bits per heavy atom. The van der Waals surface area contributed by atoms with Gasteiger partial charge in [0.1, 0.15) is 6.04 Å². The monoisotopic (exact) mass is 332 g/mol. The zero-order chi connectivity index (χ0) is 17.7. The third-order valence-electron chi connectivity index (χ3n) is 4.90. The SMILES string of the molecule is CCC(CC)c1cc(C(=O)N2CCN([C@@H](C#N)C(C)C)CC2)on1. The van der Waals surface area contributed by atoms with Crippen LogP contribution in [0.4, 0.5) is 0 Å². The van der Waals surface area contributed by atoms with E-state index < -0.39 is 0 Å². The maximum atomic E-state index is 12.6. The first-order valence-electron chi connectivity index (χ1n) is 8.91. The van der Waals surface area contributed by atoms with Crippen LogP contribution in [0.1, 0.15) is 62.7 Å². The van der Waals surface area contributed by atoms with Crippen molar-refractivity contribution in [2.24, 2.45) is 5.92 Å². The summed E-state index contributed by atoms with van der Waals surface area (Å²) >= 11 is 0. The number of hydrogen-bond donors (Lipinski definition) is 0. The summed E-state index contributed by atoms with van der Waals surface area (Å²) in [6, 6.07) is 4.07. The van der Waals surface area contributed by atoms with Gasteiger partial charge >= 0.3 is 0 Å². The molecule has 1 aromatic rings. The molecule has 1 saturated heterocycles. The minimum atomic E-state index is -0.0996. The van der Waals surface area contributed by atoms with Crippen molar-refractivity contribution in [1.29, 1.82) is 5.26 Å². The summed E-state index contributed by atoms with van der Waals surface area (Å²) in [6.07, 6.45) is 1.97. The quantitative estimate of drug-likeness (QED) is 0.801. The van der Waals surface area contributed by atoms with E-state index in [1.807, 2.05) is 0 Å². The van der Waals surface area contributed by atoms with Crippen LogP contribution in [-0.4, -0.2) is 53.1 Å². The minimum absolute atomic E-state index is 0.0889. The number of nitrogens with zero attached hydrogens (tertiary/aromatic N) is 4. The fourth-order valence-corrected chi connectivity index (χ4v) is 3.30. The molecule has 1 aromatic heterocycles. The molecule has 1 atom stereocenters. The van der Waals surface area contributed by atoms with Crippen LogP contribution >= 0.6 is 0 Å². The lowest BCUT2D eigenvalue weighted by atomic mass is 9.99. The molecule has 0 aliphatic carbocycles. The molecule has 132 valence electrons. The van der Waals surface area contributed by atoms with Crippen molar-refractivity contribution in [2.45, 2.75) is 52.5 Å². The van der Waals surface area contributed by atoms with E-state index in [0.717, 1.165) is 31.6 Å². The van der Waals surface area contributed by atoms with Crippen LogP contribution in [0, 0.1) is 17.2 Å². The van der Waals surface area contributed by atoms with E-state index in [9.17, 15) is 10.1 Å². The number of piperazine rings is 1. The molecule has 2 rings (SSSR count). The highest BCUT2D eigenvalue weighted by molar-refractivity contribution is 5.91. The van der Waals surface area contributed by atoms with Crippen molar-refractivity contribution in [3.8, 4) is 6.07 Å². The van der Waals surface area contributed by atoms with Gasteiger partial charge in [-0.3, -0.25) is 9.69 Å². The average molecular weight is 332 g/mol. The van der Waals surface area contributed by atoms with Gasteiger partial charge in [-0.2, -0.15) is 5.26 Å². The van der Waals surface area contributed by atoms with Gasteiger partial charge in [-0.25, -0.2) is 0 Å². The van der Waals surface area contributed by atoms with Gasteiger partial charge in [-0.1, -0.05) is 32.9 Å². The van der Waals surface area contributed by atoms with E-state index in [-0.39, 0.29) is 17.9 Å². The van der Waals surface area contributed by atoms with Gasteiger partial charge in [0.15, 0.2) is 0 Å². The van der Waals surface area contributed by atoms with Crippen LogP contribution < -0.4 is 0 Å². The van der Waals surface area contributed by atoms with Crippen molar-refractivity contribution in [1.82, 2.24) is 15.0 Å². The third kappa shape index (κ3) is 3.96. The molecule has 0 radical (unpaired) electrons. The van der Waals surface area contributed by atoms with Gasteiger partial charge in [0, 0.05) is 38.2 Å². The van der Waals surface area contributed by atoms with E-state index in [2.05, 4.69) is 43.8 Å². The van der Waals surface area contributed by atoms with Crippen molar-refractivity contribution >= 4 is 5.91 Å². The minimum Gasteiger partial charge on any atom is -0.351 e. The van der Waals surface area contributed by atoms with Crippen LogP contribution in [0.15, 0.2) is 10.6 Å². The first-order valence-corrected chi connectivity index (χ1v) is 8.91. The Kier molecular flexibility index (Phi) is 6.38. The number of aromatic nitrogens is 1. The lowest BCUT2D eigenvalue weighted by Gasteiger charge is -2.37. The molecule has 2 heterocycles. The maximum absolute atomic E-state index is 12.6. The first-order chi connectivity index (χ1) is 11.5. The molecule has 0 unspecified atom stereocenters. The molecule has 1 aliphatic heterocycles. The standard InChI is InChI=1S/C18H28N4O2/c1-5-14(6-2)15-11-17(24-20-15)18(23)22-9-7-21(8-10-22)16(12-19)13(3)4/h11,13-14,16H,5-10H2,1-4H3/t16-/m0/s1. The molecule has 1 fully saturated rings. The summed E-state index contributed by atoms with van der Waals surface area (Å²) in [5.41, 5.74) is 0.867. The summed E-state index contributed by atoms with van der Waals surface area (Å²) in [5, 5.41) is 13.4. The highest BCUT2D eigenvalue weighted by Crippen LogP contribution is 2.23. The molecule has 6 heteroatoms. The molecular formula is C18H28N4O2. The lowest BCUT2D eigenvalue weighted by Crippen LogP contribution is -2.52. The Morgan fingerprint density at radius 1 is 1.29 bits per heavy atom. The summed E-state index contributed by atoms with van der Waals surface area (Å²) < 4.78 is 5.29. The summed E-state index contributed by atoms with van der Waals surface area (Å²) in [5.74, 6) is 0.854. The Labute approximate surface area is 144 Å². The van der Waals surface area contributed by atoms with E-state index in [1.54, 1.807) is 11.0 Å². The number of rotatable bonds is 6. The molecule has 0 aromatic carbocycles. The molecule has 24 heavy (non-hydrogen) atoms. The first kappa shape index (κ1) is 18.5. The van der Waals surface area contributed by atoms with Crippen molar-refractivity contribution in [3.05, 3.63) is 17.5 Å². The predicted molar refractivity (Wildman–Crippen MR) is 91.5 cm³/mol. The van der Waals surface area contributed by atoms with Crippen LogP contribution in [-0.2, 0) is 0 Å². The van der Waals surface area contributed by atoms with Crippen molar-refractivity contribution < 1.29 is 9.32 Å². The van der Waals surface area contributed by atoms with Gasteiger partial charge in [-0.15, -0.1) is 0 Å². The molecule has 1 aliphatic rings. The number of nitriles is 1. The molecule has 6 nitrogen and oxygen atoms in total. The van der Waals surface area contributed by atoms with Gasteiger partial charge in [0.2, 0.25) is 5.76 Å². The third-order valence-corrected chi connectivity index (χ3v) is 4.90. The van der Waals surface area contributed by atoms with E-state index in [4.69, 9.17) is 4.52 Å². The lowest BCUT2D eigenvalue weighted by molar-refractivity contribution is 0.0539. The number of amides is 1. The highest BCUT2D eigenvalue weighted by Gasteiger charge is 2.29. The van der Waals surface area contributed by atoms with E-state index in [1.165, 1.54) is 0 Å². The molecule has 0 N–H and O–H groups in total. The molecule has 0 saturated carbocycles. The van der Waals surface area contributed by atoms with Crippen molar-refractivity contribution in [3.63, 3.8) is 0 Å².